The topological polar surface area (TPSA) is 59.5 Å². The summed E-state index contributed by atoms with van der Waals surface area (Å²) < 4.78 is 6.03. The third-order valence-electron chi connectivity index (χ3n) is 5.75. The third kappa shape index (κ3) is 3.22. The molecule has 1 amide bonds. The minimum Gasteiger partial charge on any atom is -0.469 e. The van der Waals surface area contributed by atoms with Crippen LogP contribution < -0.4 is 0 Å². The summed E-state index contributed by atoms with van der Waals surface area (Å²) in [5.74, 6) is 0.00648. The van der Waals surface area contributed by atoms with Crippen molar-refractivity contribution in [2.24, 2.45) is 11.8 Å². The van der Waals surface area contributed by atoms with Gasteiger partial charge in [0.1, 0.15) is 0 Å². The van der Waals surface area contributed by atoms with Gasteiger partial charge in [-0.3, -0.25) is 9.59 Å². The molecule has 2 heterocycles. The van der Waals surface area contributed by atoms with Gasteiger partial charge in [-0.1, -0.05) is 25.0 Å². The maximum Gasteiger partial charge on any atom is 0.310 e. The number of hydrogen-bond acceptors (Lipinski definition) is 5. The number of likely N-dealkylation sites (tertiary alicyclic amines) is 1. The molecule has 5 nitrogen and oxygen atoms in total. The number of para-hydroxylation sites is 1. The molecule has 2 fully saturated rings. The van der Waals surface area contributed by atoms with Gasteiger partial charge in [-0.15, -0.1) is 11.3 Å². The quantitative estimate of drug-likeness (QED) is 0.773. The third-order valence-corrected chi connectivity index (χ3v) is 6.91. The van der Waals surface area contributed by atoms with E-state index in [2.05, 4.69) is 6.07 Å². The molecule has 4 rings (SSSR count). The van der Waals surface area contributed by atoms with Crippen LogP contribution in [0.1, 0.15) is 43.0 Å². The molecule has 0 radical (unpaired) electrons. The minimum atomic E-state index is -0.202. The van der Waals surface area contributed by atoms with E-state index in [0.29, 0.717) is 19.5 Å². The van der Waals surface area contributed by atoms with Crippen molar-refractivity contribution in [3.8, 4) is 0 Å². The summed E-state index contributed by atoms with van der Waals surface area (Å²) in [5, 5.41) is 1.09. The first-order valence-electron chi connectivity index (χ1n) is 9.39. The van der Waals surface area contributed by atoms with Gasteiger partial charge in [0.2, 0.25) is 5.91 Å². The molecular formula is C20H24N2O3S. The second-order valence-corrected chi connectivity index (χ2v) is 8.37. The van der Waals surface area contributed by atoms with Crippen LogP contribution in [0.2, 0.25) is 0 Å². The SMILES string of the molecule is COC(=O)[C@@H]1CCN(C(=O)[C@@H]2CCCC[C@H]2c2nc3ccccc3s2)C1. The highest BCUT2D eigenvalue weighted by atomic mass is 32.1. The van der Waals surface area contributed by atoms with E-state index in [-0.39, 0.29) is 29.6 Å². The molecule has 0 unspecified atom stereocenters. The fraction of sp³-hybridized carbons (Fsp3) is 0.550. The van der Waals surface area contributed by atoms with Gasteiger partial charge in [0.15, 0.2) is 0 Å². The Morgan fingerprint density at radius 3 is 2.81 bits per heavy atom. The molecule has 1 saturated heterocycles. The Kier molecular flexibility index (Phi) is 4.94. The smallest absolute Gasteiger partial charge is 0.310 e. The maximum absolute atomic E-state index is 13.2. The van der Waals surface area contributed by atoms with Crippen LogP contribution >= 0.6 is 11.3 Å². The summed E-state index contributed by atoms with van der Waals surface area (Å²) in [7, 11) is 1.41. The Balaban J connectivity index is 1.54. The first-order valence-corrected chi connectivity index (χ1v) is 10.2. The number of amides is 1. The predicted molar refractivity (Wildman–Crippen MR) is 101 cm³/mol. The van der Waals surface area contributed by atoms with Crippen LogP contribution in [0.5, 0.6) is 0 Å². The summed E-state index contributed by atoms with van der Waals surface area (Å²) in [5.41, 5.74) is 1.02. The lowest BCUT2D eigenvalue weighted by molar-refractivity contribution is -0.145. The van der Waals surface area contributed by atoms with Crippen molar-refractivity contribution in [2.75, 3.05) is 20.2 Å². The molecule has 2 aromatic rings. The highest BCUT2D eigenvalue weighted by Gasteiger charge is 2.39. The zero-order chi connectivity index (χ0) is 18.1. The highest BCUT2D eigenvalue weighted by Crippen LogP contribution is 2.42. The van der Waals surface area contributed by atoms with Crippen molar-refractivity contribution in [1.82, 2.24) is 9.88 Å². The Morgan fingerprint density at radius 2 is 2.00 bits per heavy atom. The van der Waals surface area contributed by atoms with Crippen LogP contribution in [-0.4, -0.2) is 42.0 Å². The zero-order valence-electron chi connectivity index (χ0n) is 15.0. The van der Waals surface area contributed by atoms with E-state index in [1.165, 1.54) is 11.8 Å². The van der Waals surface area contributed by atoms with Crippen LogP contribution in [0.15, 0.2) is 24.3 Å². The number of methoxy groups -OCH3 is 1. The molecule has 138 valence electrons. The first-order chi connectivity index (χ1) is 12.7. The van der Waals surface area contributed by atoms with Gasteiger partial charge in [-0.25, -0.2) is 4.98 Å². The number of aromatic nitrogens is 1. The Labute approximate surface area is 157 Å². The number of carbonyl (C=O) groups is 2. The fourth-order valence-corrected chi connectivity index (χ4v) is 5.49. The van der Waals surface area contributed by atoms with Crippen LogP contribution in [-0.2, 0) is 14.3 Å². The number of benzene rings is 1. The standard InChI is InChI=1S/C20H24N2O3S/c1-25-20(24)13-10-11-22(12-13)19(23)15-7-3-2-6-14(15)18-21-16-8-4-5-9-17(16)26-18/h4-5,8-9,13-15H,2-3,6-7,10-12H2,1H3/t13-,14-,15-/m1/s1. The summed E-state index contributed by atoms with van der Waals surface area (Å²) in [6.45, 7) is 1.15. The van der Waals surface area contributed by atoms with E-state index in [1.807, 2.05) is 23.1 Å². The van der Waals surface area contributed by atoms with Gasteiger partial charge in [-0.05, 0) is 31.4 Å². The van der Waals surface area contributed by atoms with Crippen LogP contribution in [0.3, 0.4) is 0 Å². The van der Waals surface area contributed by atoms with Gasteiger partial charge < -0.3 is 9.64 Å². The Hall–Kier alpha value is -1.95. The largest absolute Gasteiger partial charge is 0.469 e. The number of fused-ring (bicyclic) bond motifs is 1. The van der Waals surface area contributed by atoms with Crippen LogP contribution in [0, 0.1) is 11.8 Å². The lowest BCUT2D eigenvalue weighted by Gasteiger charge is -2.32. The van der Waals surface area contributed by atoms with Crippen molar-refractivity contribution in [1.29, 1.82) is 0 Å². The van der Waals surface area contributed by atoms with E-state index in [4.69, 9.17) is 9.72 Å². The Bertz CT molecular complexity index is 785. The van der Waals surface area contributed by atoms with E-state index in [1.54, 1.807) is 11.3 Å². The molecule has 1 aromatic carbocycles. The molecule has 1 saturated carbocycles. The summed E-state index contributed by atoms with van der Waals surface area (Å²) in [6.07, 6.45) is 4.88. The molecule has 1 aliphatic carbocycles. The van der Waals surface area contributed by atoms with Crippen LogP contribution in [0.25, 0.3) is 10.2 Å². The summed E-state index contributed by atoms with van der Waals surface area (Å²) in [6, 6.07) is 8.17. The molecule has 1 aromatic heterocycles. The number of ether oxygens (including phenoxy) is 1. The second-order valence-electron chi connectivity index (χ2n) is 7.31. The van der Waals surface area contributed by atoms with E-state index >= 15 is 0 Å². The number of nitrogens with zero attached hydrogens (tertiary/aromatic N) is 2. The zero-order valence-corrected chi connectivity index (χ0v) is 15.8. The molecule has 3 atom stereocenters. The van der Waals surface area contributed by atoms with Crippen molar-refractivity contribution in [2.45, 2.75) is 38.0 Å². The number of esters is 1. The monoisotopic (exact) mass is 372 g/mol. The van der Waals surface area contributed by atoms with Gasteiger partial charge in [-0.2, -0.15) is 0 Å². The molecule has 0 spiro atoms. The van der Waals surface area contributed by atoms with Gasteiger partial charge in [0.05, 0.1) is 28.3 Å². The summed E-state index contributed by atoms with van der Waals surface area (Å²) >= 11 is 1.72. The molecule has 26 heavy (non-hydrogen) atoms. The number of carbonyl (C=O) groups excluding carboxylic acids is 2. The second kappa shape index (κ2) is 7.35. The average Bonchev–Trinajstić information content (AvgIpc) is 3.34. The van der Waals surface area contributed by atoms with Crippen molar-refractivity contribution < 1.29 is 14.3 Å². The van der Waals surface area contributed by atoms with Gasteiger partial charge in [0.25, 0.3) is 0 Å². The van der Waals surface area contributed by atoms with Gasteiger partial charge >= 0.3 is 5.97 Å². The molecular weight excluding hydrogens is 348 g/mol. The number of hydrogen-bond donors (Lipinski definition) is 0. The highest BCUT2D eigenvalue weighted by molar-refractivity contribution is 7.18. The number of rotatable bonds is 3. The molecule has 6 heteroatoms. The van der Waals surface area contributed by atoms with E-state index in [9.17, 15) is 9.59 Å². The van der Waals surface area contributed by atoms with Crippen molar-refractivity contribution in [3.05, 3.63) is 29.3 Å². The molecule has 2 aliphatic rings. The fourth-order valence-electron chi connectivity index (χ4n) is 4.32. The molecule has 1 aliphatic heterocycles. The van der Waals surface area contributed by atoms with E-state index in [0.717, 1.165) is 36.2 Å². The first kappa shape index (κ1) is 17.5. The minimum absolute atomic E-state index is 0.0132. The summed E-state index contributed by atoms with van der Waals surface area (Å²) in [4.78, 5) is 31.7. The van der Waals surface area contributed by atoms with Crippen LogP contribution in [0.4, 0.5) is 0 Å². The van der Waals surface area contributed by atoms with E-state index < -0.39 is 0 Å². The normalized spacial score (nSPS) is 26.2. The lowest BCUT2D eigenvalue weighted by atomic mass is 9.78. The Morgan fingerprint density at radius 1 is 1.19 bits per heavy atom. The number of thiazole rings is 1. The van der Waals surface area contributed by atoms with Crippen molar-refractivity contribution >= 4 is 33.4 Å². The lowest BCUT2D eigenvalue weighted by Crippen LogP contribution is -2.39. The maximum atomic E-state index is 13.2. The van der Waals surface area contributed by atoms with Gasteiger partial charge in [0, 0.05) is 24.9 Å². The molecule has 0 N–H and O–H groups in total. The molecule has 0 bridgehead atoms. The average molecular weight is 372 g/mol. The predicted octanol–water partition coefficient (Wildman–Crippen LogP) is 3.59. The van der Waals surface area contributed by atoms with Crippen molar-refractivity contribution in [3.63, 3.8) is 0 Å².